The zero-order valence-corrected chi connectivity index (χ0v) is 17.8. The normalized spacial score (nSPS) is 18.7. The van der Waals surface area contributed by atoms with Gasteiger partial charge >= 0.3 is 13.2 Å². The molecule has 1 aliphatic heterocycles. The van der Waals surface area contributed by atoms with Gasteiger partial charge in [0.2, 0.25) is 0 Å². The van der Waals surface area contributed by atoms with E-state index in [1.807, 2.05) is 60.6 Å². The van der Waals surface area contributed by atoms with Crippen LogP contribution in [-0.2, 0) is 14.0 Å². The van der Waals surface area contributed by atoms with Gasteiger partial charge in [0.05, 0.1) is 11.2 Å². The number of aromatic nitrogens is 1. The van der Waals surface area contributed by atoms with E-state index in [4.69, 9.17) is 19.9 Å². The Morgan fingerprint density at radius 3 is 2.32 bits per heavy atom. The van der Waals surface area contributed by atoms with Crippen molar-refractivity contribution in [3.05, 3.63) is 29.4 Å². The van der Waals surface area contributed by atoms with Crippen LogP contribution in [0.5, 0.6) is 0 Å². The lowest BCUT2D eigenvalue weighted by Crippen LogP contribution is -2.41. The number of nitrogens with zero attached hydrogens (tertiary/aromatic N) is 1. The molecule has 0 saturated carbocycles. The molecule has 1 fully saturated rings. The first-order valence-corrected chi connectivity index (χ1v) is 9.28. The number of nitrogens with one attached hydrogen (secondary N) is 2. The van der Waals surface area contributed by atoms with Crippen LogP contribution in [0.4, 0.5) is 10.6 Å². The van der Waals surface area contributed by atoms with Gasteiger partial charge in [0, 0.05) is 12.7 Å². The molecule has 0 aliphatic carbocycles. The second kappa shape index (κ2) is 8.10. The number of rotatable bonds is 5. The summed E-state index contributed by atoms with van der Waals surface area (Å²) in [5.41, 5.74) is 2.51. The smallest absolute Gasteiger partial charge is 0.444 e. The number of nitrogens with two attached hydrogens (primary N) is 1. The van der Waals surface area contributed by atoms with Crippen LogP contribution in [0.25, 0.3) is 6.08 Å². The summed E-state index contributed by atoms with van der Waals surface area (Å²) in [5.74, 6) is 5.92. The molecule has 0 radical (unpaired) electrons. The Morgan fingerprint density at radius 2 is 1.86 bits per heavy atom. The first kappa shape index (κ1) is 22.2. The van der Waals surface area contributed by atoms with E-state index in [-0.39, 0.29) is 6.54 Å². The summed E-state index contributed by atoms with van der Waals surface area (Å²) in [6, 6.07) is 3.62. The number of alkyl carbamates (subject to hydrolysis) is 1. The molecule has 0 aromatic carbocycles. The topological polar surface area (TPSA) is 108 Å². The minimum absolute atomic E-state index is 0.211. The predicted molar refractivity (Wildman–Crippen MR) is 110 cm³/mol. The second-order valence-corrected chi connectivity index (χ2v) is 8.78. The molecule has 1 amide bonds. The third-order valence-corrected chi connectivity index (χ3v) is 4.68. The van der Waals surface area contributed by atoms with Crippen LogP contribution in [0.15, 0.2) is 23.8 Å². The van der Waals surface area contributed by atoms with Crippen molar-refractivity contribution in [3.63, 3.8) is 0 Å². The monoisotopic (exact) mass is 390 g/mol. The highest BCUT2D eigenvalue weighted by molar-refractivity contribution is 6.56. The van der Waals surface area contributed by atoms with Crippen molar-refractivity contribution >= 4 is 25.1 Å². The summed E-state index contributed by atoms with van der Waals surface area (Å²) >= 11 is 0. The van der Waals surface area contributed by atoms with Gasteiger partial charge in [-0.05, 0) is 71.6 Å². The molecule has 4 N–H and O–H groups in total. The Balaban J connectivity index is 2.23. The second-order valence-electron chi connectivity index (χ2n) is 8.78. The maximum Gasteiger partial charge on any atom is 0.492 e. The molecule has 154 valence electrons. The lowest BCUT2D eigenvalue weighted by molar-refractivity contribution is 0.00578. The molecule has 0 unspecified atom stereocenters. The molecule has 28 heavy (non-hydrogen) atoms. The van der Waals surface area contributed by atoms with Gasteiger partial charge in [-0.2, -0.15) is 0 Å². The quantitative estimate of drug-likeness (QED) is 0.403. The minimum Gasteiger partial charge on any atom is -0.444 e. The fourth-order valence-electron chi connectivity index (χ4n) is 2.48. The Bertz CT molecular complexity index is 710. The van der Waals surface area contributed by atoms with E-state index >= 15 is 0 Å². The lowest BCUT2D eigenvalue weighted by Gasteiger charge is -2.32. The maximum atomic E-state index is 12.1. The van der Waals surface area contributed by atoms with Gasteiger partial charge in [-0.1, -0.05) is 6.08 Å². The van der Waals surface area contributed by atoms with Crippen molar-refractivity contribution < 1.29 is 18.8 Å². The maximum absolute atomic E-state index is 12.1. The number of nitrogen functional groups attached to an aromatic ring is 1. The number of ether oxygens (including phenoxy) is 1. The molecule has 0 atom stereocenters. The van der Waals surface area contributed by atoms with Crippen LogP contribution < -0.4 is 16.6 Å². The van der Waals surface area contributed by atoms with E-state index in [2.05, 4.69) is 15.7 Å². The first-order chi connectivity index (χ1) is 12.8. The number of pyridine rings is 1. The number of carbonyl (C=O) groups is 1. The van der Waals surface area contributed by atoms with Crippen molar-refractivity contribution in [2.45, 2.75) is 65.3 Å². The summed E-state index contributed by atoms with van der Waals surface area (Å²) in [4.78, 5) is 16.3. The van der Waals surface area contributed by atoms with Crippen LogP contribution in [0.2, 0.25) is 0 Å². The molecule has 1 aromatic heterocycles. The molecule has 1 aromatic rings. The van der Waals surface area contributed by atoms with E-state index in [1.54, 1.807) is 12.3 Å². The number of anilines is 1. The molecule has 0 spiro atoms. The van der Waals surface area contributed by atoms with E-state index in [9.17, 15) is 4.79 Å². The molecular formula is C19H31BN4O4. The lowest BCUT2D eigenvalue weighted by atomic mass is 9.77. The van der Waals surface area contributed by atoms with Gasteiger partial charge in [0.15, 0.2) is 0 Å². The number of hydrogen-bond acceptors (Lipinski definition) is 7. The third-order valence-electron chi connectivity index (χ3n) is 4.68. The van der Waals surface area contributed by atoms with Crippen LogP contribution in [0, 0.1) is 0 Å². The Labute approximate surface area is 167 Å². The van der Waals surface area contributed by atoms with Crippen LogP contribution in [0.3, 0.4) is 0 Å². The fraction of sp³-hybridized carbons (Fsp3) is 0.579. The molecule has 9 heteroatoms. The van der Waals surface area contributed by atoms with Crippen molar-refractivity contribution in [1.29, 1.82) is 0 Å². The number of hydrazine groups is 1. The zero-order valence-electron chi connectivity index (χ0n) is 17.8. The summed E-state index contributed by atoms with van der Waals surface area (Å²) < 4.78 is 17.6. The highest BCUT2D eigenvalue weighted by atomic mass is 16.7. The average Bonchev–Trinajstić information content (AvgIpc) is 2.78. The first-order valence-electron chi connectivity index (χ1n) is 9.28. The van der Waals surface area contributed by atoms with Gasteiger partial charge in [-0.25, -0.2) is 15.6 Å². The minimum atomic E-state index is -0.604. The SMILES string of the molecule is CC(C)(C)OC(=O)NCC(=Cc1ccc(NN)nc1)B1OC(C)(C)C(C)(C)O1. The van der Waals surface area contributed by atoms with Crippen LogP contribution in [-0.4, -0.2) is 41.5 Å². The Kier molecular flexibility index (Phi) is 6.42. The van der Waals surface area contributed by atoms with Crippen molar-refractivity contribution in [1.82, 2.24) is 10.3 Å². The Hall–Kier alpha value is -2.10. The van der Waals surface area contributed by atoms with Gasteiger partial charge in [-0.3, -0.25) is 0 Å². The van der Waals surface area contributed by atoms with E-state index in [0.717, 1.165) is 11.0 Å². The highest BCUT2D eigenvalue weighted by Gasteiger charge is 2.52. The molecule has 8 nitrogen and oxygen atoms in total. The van der Waals surface area contributed by atoms with Gasteiger partial charge < -0.3 is 24.8 Å². The van der Waals surface area contributed by atoms with Gasteiger partial charge in [0.1, 0.15) is 11.4 Å². The molecule has 1 aliphatic rings. The largest absolute Gasteiger partial charge is 0.492 e. The summed E-state index contributed by atoms with van der Waals surface area (Å²) in [6.07, 6.45) is 3.05. The average molecular weight is 390 g/mol. The summed E-state index contributed by atoms with van der Waals surface area (Å²) in [7, 11) is -0.604. The molecule has 2 rings (SSSR count). The molecule has 1 saturated heterocycles. The third kappa shape index (κ3) is 5.70. The van der Waals surface area contributed by atoms with Crippen molar-refractivity contribution in [2.75, 3.05) is 12.0 Å². The number of carbonyl (C=O) groups excluding carboxylic acids is 1. The number of amides is 1. The zero-order chi connectivity index (χ0) is 21.2. The van der Waals surface area contributed by atoms with Gasteiger partial charge in [0.25, 0.3) is 0 Å². The van der Waals surface area contributed by atoms with E-state index in [1.165, 1.54) is 0 Å². The standard InChI is InChI=1S/C19H31BN4O4/c1-17(2,3)26-16(25)23-12-14(10-13-8-9-15(24-21)22-11-13)20-27-18(4,5)19(6,7)28-20/h8-11H,12,21H2,1-7H3,(H,22,24)(H,23,25). The van der Waals surface area contributed by atoms with E-state index < -0.39 is 30.0 Å². The molecule has 2 heterocycles. The van der Waals surface area contributed by atoms with Crippen molar-refractivity contribution in [3.8, 4) is 0 Å². The summed E-state index contributed by atoms with van der Waals surface area (Å²) in [5, 5.41) is 2.77. The fourth-order valence-corrected chi connectivity index (χ4v) is 2.48. The highest BCUT2D eigenvalue weighted by Crippen LogP contribution is 2.38. The van der Waals surface area contributed by atoms with Gasteiger partial charge in [-0.15, -0.1) is 0 Å². The van der Waals surface area contributed by atoms with Crippen LogP contribution in [0.1, 0.15) is 54.0 Å². The van der Waals surface area contributed by atoms with Crippen molar-refractivity contribution in [2.24, 2.45) is 5.84 Å². The molecular weight excluding hydrogens is 359 g/mol. The summed E-state index contributed by atoms with van der Waals surface area (Å²) in [6.45, 7) is 13.6. The predicted octanol–water partition coefficient (Wildman–Crippen LogP) is 2.91. The number of hydrogen-bond donors (Lipinski definition) is 3. The Morgan fingerprint density at radius 1 is 1.25 bits per heavy atom. The molecule has 0 bridgehead atoms. The van der Waals surface area contributed by atoms with E-state index in [0.29, 0.717) is 5.82 Å². The van der Waals surface area contributed by atoms with Crippen LogP contribution >= 0.6 is 0 Å².